The smallest absolute Gasteiger partial charge is 0.191 e. The van der Waals surface area contributed by atoms with Crippen LogP contribution in [0.15, 0.2) is 23.3 Å². The summed E-state index contributed by atoms with van der Waals surface area (Å²) in [5, 5.41) is 7.60. The van der Waals surface area contributed by atoms with Crippen molar-refractivity contribution in [2.24, 2.45) is 4.99 Å². The predicted octanol–water partition coefficient (Wildman–Crippen LogP) is 3.00. The number of hydrogen-bond donors (Lipinski definition) is 2. The summed E-state index contributed by atoms with van der Waals surface area (Å²) in [5.74, 6) is 2.91. The minimum Gasteiger partial charge on any atom is -0.496 e. The lowest BCUT2D eigenvalue weighted by molar-refractivity contribution is 0.368. The van der Waals surface area contributed by atoms with Gasteiger partial charge < -0.3 is 24.8 Å². The number of aliphatic imine (C=N–C) groups is 1. The van der Waals surface area contributed by atoms with E-state index in [0.717, 1.165) is 28.0 Å². The largest absolute Gasteiger partial charge is 0.496 e. The Balaban J connectivity index is 0.00000364. The van der Waals surface area contributed by atoms with E-state index in [4.69, 9.17) is 14.2 Å². The van der Waals surface area contributed by atoms with Crippen LogP contribution >= 0.6 is 35.3 Å². The van der Waals surface area contributed by atoms with Crippen LogP contribution < -0.4 is 24.8 Å². The third-order valence-electron chi connectivity index (χ3n) is 3.78. The third-order valence-corrected chi connectivity index (χ3v) is 4.70. The normalized spacial score (nSPS) is 10.8. The van der Waals surface area contributed by atoms with E-state index >= 15 is 0 Å². The van der Waals surface area contributed by atoms with E-state index < -0.39 is 0 Å². The molecule has 2 aromatic rings. The first-order valence-electron chi connectivity index (χ1n) is 8.26. The Morgan fingerprint density at radius 1 is 1.11 bits per heavy atom. The Labute approximate surface area is 181 Å². The Kier molecular flexibility index (Phi) is 10.2. The molecule has 0 bridgehead atoms. The maximum atomic E-state index is 5.48. The number of rotatable bonds is 8. The molecule has 0 saturated carbocycles. The van der Waals surface area contributed by atoms with Crippen molar-refractivity contribution in [2.75, 3.05) is 34.9 Å². The zero-order valence-electron chi connectivity index (χ0n) is 16.3. The van der Waals surface area contributed by atoms with E-state index in [1.54, 1.807) is 39.7 Å². The molecule has 150 valence electrons. The predicted molar refractivity (Wildman–Crippen MR) is 120 cm³/mol. The fraction of sp³-hybridized carbons (Fsp3) is 0.444. The maximum absolute atomic E-state index is 5.48. The van der Waals surface area contributed by atoms with Crippen LogP contribution in [-0.4, -0.2) is 45.9 Å². The average molecular weight is 506 g/mol. The van der Waals surface area contributed by atoms with Crippen molar-refractivity contribution in [3.05, 3.63) is 33.8 Å². The van der Waals surface area contributed by atoms with Crippen molar-refractivity contribution in [1.29, 1.82) is 0 Å². The monoisotopic (exact) mass is 506 g/mol. The molecule has 9 heteroatoms. The number of guanidine groups is 1. The summed E-state index contributed by atoms with van der Waals surface area (Å²) in [6.07, 6.45) is 2.59. The molecule has 0 aliphatic rings. The standard InChI is InChI=1S/C18H26N4O3S.HI/c1-12-10-21-17(26-12)11-22-18(19-2)20-7-6-14-15(24-4)8-13(23-3)9-16(14)25-5;/h8-10H,6-7,11H2,1-5H3,(H2,19,20,22);1H. The SMILES string of the molecule is CN=C(NCCc1c(OC)cc(OC)cc1OC)NCc1ncc(C)s1.I. The van der Waals surface area contributed by atoms with Crippen LogP contribution in [-0.2, 0) is 13.0 Å². The highest BCUT2D eigenvalue weighted by Crippen LogP contribution is 2.34. The van der Waals surface area contributed by atoms with Gasteiger partial charge in [0.05, 0.1) is 27.9 Å². The molecule has 0 fully saturated rings. The van der Waals surface area contributed by atoms with Crippen LogP contribution in [0.2, 0.25) is 0 Å². The lowest BCUT2D eigenvalue weighted by Gasteiger charge is -2.16. The first-order chi connectivity index (χ1) is 12.6. The second-order valence-electron chi connectivity index (χ2n) is 5.48. The summed E-state index contributed by atoms with van der Waals surface area (Å²) < 4.78 is 16.2. The number of aryl methyl sites for hydroxylation is 1. The molecule has 0 atom stereocenters. The van der Waals surface area contributed by atoms with E-state index in [-0.39, 0.29) is 24.0 Å². The molecule has 1 aromatic carbocycles. The van der Waals surface area contributed by atoms with Gasteiger partial charge in [-0.1, -0.05) is 0 Å². The first-order valence-corrected chi connectivity index (χ1v) is 9.07. The molecule has 1 aromatic heterocycles. The average Bonchev–Trinajstić information content (AvgIpc) is 3.09. The van der Waals surface area contributed by atoms with Gasteiger partial charge in [0, 0.05) is 42.4 Å². The number of halogens is 1. The maximum Gasteiger partial charge on any atom is 0.191 e. The van der Waals surface area contributed by atoms with E-state index in [9.17, 15) is 0 Å². The van der Waals surface area contributed by atoms with Crippen molar-refractivity contribution < 1.29 is 14.2 Å². The van der Waals surface area contributed by atoms with E-state index in [0.29, 0.717) is 25.3 Å². The van der Waals surface area contributed by atoms with Gasteiger partial charge in [-0.2, -0.15) is 0 Å². The van der Waals surface area contributed by atoms with Gasteiger partial charge in [0.1, 0.15) is 22.3 Å². The van der Waals surface area contributed by atoms with Crippen LogP contribution in [0.25, 0.3) is 0 Å². The lowest BCUT2D eigenvalue weighted by atomic mass is 10.1. The minimum absolute atomic E-state index is 0. The highest BCUT2D eigenvalue weighted by Gasteiger charge is 2.13. The highest BCUT2D eigenvalue weighted by molar-refractivity contribution is 14.0. The number of ether oxygens (including phenoxy) is 3. The summed E-state index contributed by atoms with van der Waals surface area (Å²) in [6.45, 7) is 3.37. The molecule has 0 saturated heterocycles. The van der Waals surface area contributed by atoms with Crippen molar-refractivity contribution >= 4 is 41.3 Å². The molecule has 2 N–H and O–H groups in total. The third kappa shape index (κ3) is 6.73. The summed E-state index contributed by atoms with van der Waals surface area (Å²) >= 11 is 1.67. The summed E-state index contributed by atoms with van der Waals surface area (Å²) in [7, 11) is 6.65. The van der Waals surface area contributed by atoms with Gasteiger partial charge in [-0.25, -0.2) is 4.98 Å². The van der Waals surface area contributed by atoms with E-state index in [1.165, 1.54) is 4.88 Å². The van der Waals surface area contributed by atoms with Gasteiger partial charge in [0.15, 0.2) is 5.96 Å². The van der Waals surface area contributed by atoms with Crippen molar-refractivity contribution in [1.82, 2.24) is 15.6 Å². The van der Waals surface area contributed by atoms with Gasteiger partial charge in [0.2, 0.25) is 0 Å². The van der Waals surface area contributed by atoms with E-state index in [2.05, 4.69) is 20.6 Å². The van der Waals surface area contributed by atoms with Crippen molar-refractivity contribution in [3.63, 3.8) is 0 Å². The van der Waals surface area contributed by atoms with Gasteiger partial charge in [-0.05, 0) is 13.3 Å². The van der Waals surface area contributed by atoms with Crippen LogP contribution in [0.5, 0.6) is 17.2 Å². The summed E-state index contributed by atoms with van der Waals surface area (Å²) in [4.78, 5) is 9.78. The molecule has 0 amide bonds. The van der Waals surface area contributed by atoms with Crippen molar-refractivity contribution in [3.8, 4) is 17.2 Å². The quantitative estimate of drug-likeness (QED) is 0.326. The van der Waals surface area contributed by atoms with Crippen LogP contribution in [0, 0.1) is 6.92 Å². The number of benzene rings is 1. The van der Waals surface area contributed by atoms with Crippen LogP contribution in [0.4, 0.5) is 0 Å². The molecule has 0 aliphatic carbocycles. The van der Waals surface area contributed by atoms with Gasteiger partial charge in [0.25, 0.3) is 0 Å². The zero-order valence-corrected chi connectivity index (χ0v) is 19.4. The number of thiazole rings is 1. The number of aromatic nitrogens is 1. The Hall–Kier alpha value is -1.75. The molecule has 27 heavy (non-hydrogen) atoms. The van der Waals surface area contributed by atoms with Crippen LogP contribution in [0.1, 0.15) is 15.4 Å². The van der Waals surface area contributed by atoms with Gasteiger partial charge in [-0.15, -0.1) is 35.3 Å². The van der Waals surface area contributed by atoms with Gasteiger partial charge >= 0.3 is 0 Å². The Morgan fingerprint density at radius 2 is 1.78 bits per heavy atom. The Morgan fingerprint density at radius 3 is 2.26 bits per heavy atom. The van der Waals surface area contributed by atoms with Crippen LogP contribution in [0.3, 0.4) is 0 Å². The second kappa shape index (κ2) is 11.9. The lowest BCUT2D eigenvalue weighted by Crippen LogP contribution is -2.37. The number of hydrogen-bond acceptors (Lipinski definition) is 6. The minimum atomic E-state index is 0. The number of nitrogens with one attached hydrogen (secondary N) is 2. The molecule has 2 rings (SSSR count). The second-order valence-corrected chi connectivity index (χ2v) is 6.80. The van der Waals surface area contributed by atoms with Gasteiger partial charge in [-0.3, -0.25) is 4.99 Å². The Bertz CT molecular complexity index is 727. The molecule has 0 radical (unpaired) electrons. The zero-order chi connectivity index (χ0) is 18.9. The molecular formula is C18H27IN4O3S. The molecule has 0 aliphatic heterocycles. The van der Waals surface area contributed by atoms with Crippen molar-refractivity contribution in [2.45, 2.75) is 19.9 Å². The molecular weight excluding hydrogens is 479 g/mol. The molecule has 0 unspecified atom stereocenters. The molecule has 1 heterocycles. The molecule has 0 spiro atoms. The van der Waals surface area contributed by atoms with E-state index in [1.807, 2.05) is 25.3 Å². The summed E-state index contributed by atoms with van der Waals surface area (Å²) in [6, 6.07) is 3.71. The number of methoxy groups -OCH3 is 3. The fourth-order valence-corrected chi connectivity index (χ4v) is 3.22. The first kappa shape index (κ1) is 23.3. The fourth-order valence-electron chi connectivity index (χ4n) is 2.49. The number of nitrogens with zero attached hydrogens (tertiary/aromatic N) is 2. The molecule has 7 nitrogen and oxygen atoms in total. The topological polar surface area (TPSA) is 77.0 Å². The summed E-state index contributed by atoms with van der Waals surface area (Å²) in [5.41, 5.74) is 0.981. The highest BCUT2D eigenvalue weighted by atomic mass is 127.